The summed E-state index contributed by atoms with van der Waals surface area (Å²) in [6.45, 7) is 7.25. The molecule has 0 aliphatic carbocycles. The van der Waals surface area contributed by atoms with Gasteiger partial charge in [-0.25, -0.2) is 8.78 Å². The minimum Gasteiger partial charge on any atom is -0.354 e. The summed E-state index contributed by atoms with van der Waals surface area (Å²) in [7, 11) is 0. The van der Waals surface area contributed by atoms with Gasteiger partial charge in [0.25, 0.3) is 11.8 Å². The Kier molecular flexibility index (Phi) is 15.8. The molecule has 1 saturated heterocycles. The number of carbonyl (C=O) groups is 3. The highest BCUT2D eigenvalue weighted by Gasteiger charge is 2.38. The molecule has 2 aromatic carbocycles. The number of hydrogen-bond donors (Lipinski definition) is 2. The fourth-order valence-electron chi connectivity index (χ4n) is 7.29. The van der Waals surface area contributed by atoms with Gasteiger partial charge in [0, 0.05) is 60.2 Å². The number of aromatic nitrogens is 1. The van der Waals surface area contributed by atoms with Gasteiger partial charge in [-0.15, -0.1) is 0 Å². The Hall–Kier alpha value is -5.57. The summed E-state index contributed by atoms with van der Waals surface area (Å²) in [6, 6.07) is 10.5. The molecule has 0 radical (unpaired) electrons. The molecule has 1 atom stereocenters. The van der Waals surface area contributed by atoms with Gasteiger partial charge in [0.1, 0.15) is 0 Å². The van der Waals surface area contributed by atoms with Crippen molar-refractivity contribution >= 4 is 34.2 Å². The fourth-order valence-corrected chi connectivity index (χ4v) is 7.29. The van der Waals surface area contributed by atoms with Crippen molar-refractivity contribution in [1.29, 1.82) is 0 Å². The molecule has 300 valence electrons. The zero-order chi connectivity index (χ0) is 40.6. The van der Waals surface area contributed by atoms with Crippen LogP contribution in [0.4, 0.5) is 8.78 Å². The Balaban J connectivity index is 1.10. The minimum absolute atomic E-state index is 0.0231. The first-order valence-electron chi connectivity index (χ1n) is 20.2. The van der Waals surface area contributed by atoms with Crippen LogP contribution in [0.2, 0.25) is 0 Å². The van der Waals surface area contributed by atoms with E-state index in [-0.39, 0.29) is 35.5 Å². The molecule has 3 amide bonds. The second-order valence-electron chi connectivity index (χ2n) is 15.2. The number of para-hydroxylation sites is 1. The Morgan fingerprint density at radius 2 is 1.44 bits per heavy atom. The molecule has 57 heavy (non-hydrogen) atoms. The van der Waals surface area contributed by atoms with Gasteiger partial charge in [-0.1, -0.05) is 112 Å². The summed E-state index contributed by atoms with van der Waals surface area (Å²) in [4.78, 5) is 47.6. The minimum atomic E-state index is -1.12. The van der Waals surface area contributed by atoms with Crippen molar-refractivity contribution in [2.24, 2.45) is 0 Å². The van der Waals surface area contributed by atoms with E-state index in [4.69, 9.17) is 0 Å². The van der Waals surface area contributed by atoms with E-state index in [0.717, 1.165) is 67.1 Å². The first-order chi connectivity index (χ1) is 27.6. The summed E-state index contributed by atoms with van der Waals surface area (Å²) in [5.41, 5.74) is 1.95. The van der Waals surface area contributed by atoms with Gasteiger partial charge in [-0.3, -0.25) is 14.4 Å². The maximum absolute atomic E-state index is 14.2. The summed E-state index contributed by atoms with van der Waals surface area (Å²) < 4.78 is 27.9. The largest absolute Gasteiger partial charge is 0.354 e. The third-order valence-corrected chi connectivity index (χ3v) is 10.2. The zero-order valence-corrected chi connectivity index (χ0v) is 33.5. The topological polar surface area (TPSA) is 85.5 Å². The van der Waals surface area contributed by atoms with Gasteiger partial charge < -0.3 is 20.1 Å². The van der Waals surface area contributed by atoms with Crippen LogP contribution < -0.4 is 5.32 Å². The second kappa shape index (κ2) is 21.1. The molecule has 3 aromatic rings. The monoisotopic (exact) mass is 774 g/mol. The average Bonchev–Trinajstić information content (AvgIpc) is 3.81. The predicted molar refractivity (Wildman–Crippen MR) is 227 cm³/mol. The third-order valence-electron chi connectivity index (χ3n) is 10.2. The molecule has 9 heteroatoms. The Bertz CT molecular complexity index is 2080. The van der Waals surface area contributed by atoms with Crippen LogP contribution in [0.25, 0.3) is 16.5 Å². The first-order valence-corrected chi connectivity index (χ1v) is 20.2. The van der Waals surface area contributed by atoms with Gasteiger partial charge in [0.05, 0.1) is 11.3 Å². The number of amides is 3. The van der Waals surface area contributed by atoms with E-state index in [1.54, 1.807) is 4.90 Å². The molecule has 1 fully saturated rings. The van der Waals surface area contributed by atoms with Crippen molar-refractivity contribution in [3.8, 4) is 0 Å². The van der Waals surface area contributed by atoms with Crippen molar-refractivity contribution in [2.45, 2.75) is 90.0 Å². The Labute approximate surface area is 336 Å². The van der Waals surface area contributed by atoms with Gasteiger partial charge >= 0.3 is 0 Å². The molecule has 1 aromatic heterocycles. The molecule has 2 aliphatic rings. The van der Waals surface area contributed by atoms with Crippen molar-refractivity contribution in [3.63, 3.8) is 0 Å². The maximum Gasteiger partial charge on any atom is 0.257 e. The van der Waals surface area contributed by atoms with Crippen LogP contribution in [0.1, 0.15) is 100 Å². The van der Waals surface area contributed by atoms with E-state index < -0.39 is 23.0 Å². The number of rotatable bonds is 17. The summed E-state index contributed by atoms with van der Waals surface area (Å²) in [6.07, 6.45) is 34.7. The molecule has 0 bridgehead atoms. The molecule has 3 heterocycles. The lowest BCUT2D eigenvalue weighted by Crippen LogP contribution is -2.39. The van der Waals surface area contributed by atoms with Crippen molar-refractivity contribution in [1.82, 2.24) is 20.1 Å². The lowest BCUT2D eigenvalue weighted by Gasteiger charge is -2.29. The van der Waals surface area contributed by atoms with Gasteiger partial charge in [0.2, 0.25) is 5.91 Å². The number of nitrogens with zero attached hydrogens (tertiary/aromatic N) is 2. The second-order valence-corrected chi connectivity index (χ2v) is 15.2. The molecule has 7 nitrogen and oxygen atoms in total. The van der Waals surface area contributed by atoms with Crippen LogP contribution in [0, 0.1) is 11.6 Å². The lowest BCUT2D eigenvalue weighted by molar-refractivity contribution is -0.130. The van der Waals surface area contributed by atoms with Crippen LogP contribution >= 0.6 is 0 Å². The Morgan fingerprint density at radius 1 is 0.825 bits per heavy atom. The predicted octanol–water partition coefficient (Wildman–Crippen LogP) is 10.4. The molecule has 5 rings (SSSR count). The SMILES string of the molecule is CCC=CCC=CCC=CCC=CCC=CCC=CCCC(=O)N1CC[C@@H](NC(=O)C2=CN(C(=O)c3ccc(F)c(F)c3)CC(C)(C)c3c2[nH]c2ccccc32)C1. The van der Waals surface area contributed by atoms with Crippen LogP contribution in [-0.2, 0) is 15.0 Å². The highest BCUT2D eigenvalue weighted by atomic mass is 19.2. The molecule has 2 aliphatic heterocycles. The molecule has 0 unspecified atom stereocenters. The summed E-state index contributed by atoms with van der Waals surface area (Å²) >= 11 is 0. The van der Waals surface area contributed by atoms with E-state index in [9.17, 15) is 23.2 Å². The van der Waals surface area contributed by atoms with Crippen LogP contribution in [0.15, 0.2) is 122 Å². The normalized spacial score (nSPS) is 17.3. The summed E-state index contributed by atoms with van der Waals surface area (Å²) in [5, 5.41) is 4.05. The number of benzene rings is 2. The quantitative estimate of drug-likeness (QED) is 0.134. The molecular weight excluding hydrogens is 719 g/mol. The van der Waals surface area contributed by atoms with Crippen LogP contribution in [0.3, 0.4) is 0 Å². The highest BCUT2D eigenvalue weighted by Crippen LogP contribution is 2.40. The number of fused-ring (bicyclic) bond motifs is 3. The first kappa shape index (κ1) is 42.6. The van der Waals surface area contributed by atoms with Crippen molar-refractivity contribution < 1.29 is 23.2 Å². The van der Waals surface area contributed by atoms with Gasteiger partial charge in [-0.2, -0.15) is 0 Å². The van der Waals surface area contributed by atoms with E-state index in [1.807, 2.05) is 44.2 Å². The van der Waals surface area contributed by atoms with Crippen LogP contribution in [0.5, 0.6) is 0 Å². The third kappa shape index (κ3) is 12.0. The molecule has 0 spiro atoms. The highest BCUT2D eigenvalue weighted by molar-refractivity contribution is 6.21. The van der Waals surface area contributed by atoms with Gasteiger partial charge in [0.15, 0.2) is 11.6 Å². The van der Waals surface area contributed by atoms with Crippen molar-refractivity contribution in [2.75, 3.05) is 19.6 Å². The lowest BCUT2D eigenvalue weighted by atomic mass is 9.81. The summed E-state index contributed by atoms with van der Waals surface area (Å²) in [5.74, 6) is -3.06. The number of hydrogen-bond acceptors (Lipinski definition) is 3. The fraction of sp³-hybridized carbons (Fsp3) is 0.354. The average molecular weight is 775 g/mol. The maximum atomic E-state index is 14.2. The number of nitrogens with one attached hydrogen (secondary N) is 2. The number of aromatic amines is 1. The number of halogens is 2. The zero-order valence-electron chi connectivity index (χ0n) is 33.5. The van der Waals surface area contributed by atoms with Gasteiger partial charge in [-0.05, 0) is 81.2 Å². The number of H-pyrrole nitrogens is 1. The molecular formula is C48H56F2N4O3. The number of carbonyl (C=O) groups excluding carboxylic acids is 3. The van der Waals surface area contributed by atoms with E-state index >= 15 is 0 Å². The van der Waals surface area contributed by atoms with E-state index in [1.165, 1.54) is 17.2 Å². The number of likely N-dealkylation sites (tertiary alicyclic amines) is 1. The standard InChI is InChI=1S/C48H56F2N4O3/c1-4-5-6-7-8-9-10-11-12-13-14-15-16-17-18-19-20-21-22-27-43(55)53-31-30-37(33-53)51-46(56)39-34-54(47(57)36-28-29-40(49)41(50)32-36)35-48(2,3)44-38-25-23-24-26-42(38)52-45(39)44/h5-6,8-9,11-12,14-15,17-18,20-21,23-26,28-29,32,34,37,52H,4,7,10,13,16,19,22,27,30-31,33,35H2,1-3H3,(H,51,56)/t37-/m1/s1. The Morgan fingerprint density at radius 3 is 2.07 bits per heavy atom. The van der Waals surface area contributed by atoms with Crippen molar-refractivity contribution in [3.05, 3.63) is 150 Å². The number of allylic oxidation sites excluding steroid dienone is 12. The molecule has 0 saturated carbocycles. The molecule has 2 N–H and O–H groups in total. The van der Waals surface area contributed by atoms with E-state index in [2.05, 4.69) is 84.1 Å². The van der Waals surface area contributed by atoms with E-state index in [0.29, 0.717) is 38.0 Å². The smallest absolute Gasteiger partial charge is 0.257 e. The van der Waals surface area contributed by atoms with Crippen LogP contribution in [-0.4, -0.2) is 58.2 Å².